The van der Waals surface area contributed by atoms with Gasteiger partial charge in [-0.1, -0.05) is 54.6 Å². The predicted molar refractivity (Wildman–Crippen MR) is 144 cm³/mol. The Morgan fingerprint density at radius 3 is 2.40 bits per heavy atom. The molecule has 182 valence electrons. The fourth-order valence-electron chi connectivity index (χ4n) is 3.68. The third-order valence-electron chi connectivity index (χ3n) is 5.58. The zero-order chi connectivity index (χ0) is 24.6. The summed E-state index contributed by atoms with van der Waals surface area (Å²) in [4.78, 5) is 25.8. The molecule has 1 aliphatic rings. The van der Waals surface area contributed by atoms with E-state index in [4.69, 9.17) is 9.47 Å². The largest absolute Gasteiger partial charge is 0.482 e. The van der Waals surface area contributed by atoms with Gasteiger partial charge in [0.1, 0.15) is 5.75 Å². The highest BCUT2D eigenvalue weighted by molar-refractivity contribution is 8.16. The molecule has 0 saturated carbocycles. The molecule has 0 unspecified atom stereocenters. The first-order valence-corrected chi connectivity index (χ1v) is 13.7. The maximum atomic E-state index is 13.1. The highest BCUT2D eigenvalue weighted by Gasteiger charge is 2.26. The van der Waals surface area contributed by atoms with Gasteiger partial charge in [-0.2, -0.15) is 0 Å². The number of esters is 1. The van der Waals surface area contributed by atoms with Crippen molar-refractivity contribution in [1.29, 1.82) is 0 Å². The van der Waals surface area contributed by atoms with E-state index in [1.165, 1.54) is 23.5 Å². The Morgan fingerprint density at radius 2 is 1.69 bits per heavy atom. The molecule has 0 aromatic heterocycles. The van der Waals surface area contributed by atoms with Gasteiger partial charge in [-0.05, 0) is 66.7 Å². The highest BCUT2D eigenvalue weighted by atomic mass is 32.2. The number of thioether (sulfide) groups is 2. The van der Waals surface area contributed by atoms with Gasteiger partial charge in [-0.25, -0.2) is 4.79 Å². The summed E-state index contributed by atoms with van der Waals surface area (Å²) in [7, 11) is 0. The lowest BCUT2D eigenvalue weighted by atomic mass is 10.1. The molecular formula is C28H29NO4S2. The molecule has 0 spiro atoms. The Morgan fingerprint density at radius 1 is 0.971 bits per heavy atom. The van der Waals surface area contributed by atoms with Gasteiger partial charge in [0.2, 0.25) is 6.10 Å². The van der Waals surface area contributed by atoms with E-state index in [9.17, 15) is 9.59 Å². The summed E-state index contributed by atoms with van der Waals surface area (Å²) in [6.45, 7) is 3.59. The van der Waals surface area contributed by atoms with Crippen molar-refractivity contribution in [3.8, 4) is 5.75 Å². The lowest BCUT2D eigenvalue weighted by Crippen LogP contribution is -2.28. The van der Waals surface area contributed by atoms with E-state index in [2.05, 4.69) is 5.32 Å². The first kappa shape index (κ1) is 25.2. The van der Waals surface area contributed by atoms with Crippen LogP contribution in [-0.2, 0) is 14.3 Å². The van der Waals surface area contributed by atoms with Gasteiger partial charge < -0.3 is 14.8 Å². The maximum Gasteiger partial charge on any atom is 0.345 e. The number of nitrogens with one attached hydrogen (secondary N) is 1. The lowest BCUT2D eigenvalue weighted by Gasteiger charge is -2.21. The van der Waals surface area contributed by atoms with E-state index < -0.39 is 18.0 Å². The smallest absolute Gasteiger partial charge is 0.345 e. The summed E-state index contributed by atoms with van der Waals surface area (Å²) >= 11 is 3.92. The van der Waals surface area contributed by atoms with Crippen molar-refractivity contribution in [2.75, 3.05) is 23.4 Å². The molecule has 3 aromatic carbocycles. The third kappa shape index (κ3) is 7.05. The summed E-state index contributed by atoms with van der Waals surface area (Å²) in [6, 6.07) is 22.7. The minimum Gasteiger partial charge on any atom is -0.482 e. The van der Waals surface area contributed by atoms with Gasteiger partial charge in [0, 0.05) is 11.3 Å². The van der Waals surface area contributed by atoms with Gasteiger partial charge in [0.05, 0.1) is 4.58 Å². The number of hydrogen-bond donors (Lipinski definition) is 1. The topological polar surface area (TPSA) is 64.6 Å². The van der Waals surface area contributed by atoms with Crippen LogP contribution in [0.4, 0.5) is 5.69 Å². The third-order valence-corrected chi connectivity index (χ3v) is 8.59. The summed E-state index contributed by atoms with van der Waals surface area (Å²) in [6.07, 6.45) is 0.164. The molecule has 1 fully saturated rings. The minimum atomic E-state index is -1.09. The number of ether oxygens (including phenoxy) is 2. The highest BCUT2D eigenvalue weighted by Crippen LogP contribution is 2.43. The Hall–Kier alpha value is -2.90. The molecule has 0 aliphatic carbocycles. The van der Waals surface area contributed by atoms with Crippen molar-refractivity contribution in [1.82, 2.24) is 0 Å². The van der Waals surface area contributed by atoms with Crippen molar-refractivity contribution in [3.05, 3.63) is 95.1 Å². The molecule has 1 N–H and O–H groups in total. The van der Waals surface area contributed by atoms with Gasteiger partial charge in [0.15, 0.2) is 6.61 Å². The van der Waals surface area contributed by atoms with E-state index in [0.717, 1.165) is 11.1 Å². The Bertz CT molecular complexity index is 1150. The fraction of sp³-hybridized carbons (Fsp3) is 0.286. The van der Waals surface area contributed by atoms with E-state index in [-0.39, 0.29) is 6.61 Å². The van der Waals surface area contributed by atoms with E-state index in [1.807, 2.05) is 98.0 Å². The number of carbonyl (C=O) groups excluding carboxylic acids is 2. The summed E-state index contributed by atoms with van der Waals surface area (Å²) < 4.78 is 11.7. The second-order valence-corrected chi connectivity index (χ2v) is 11.1. The predicted octanol–water partition coefficient (Wildman–Crippen LogP) is 6.47. The molecule has 35 heavy (non-hydrogen) atoms. The summed E-state index contributed by atoms with van der Waals surface area (Å²) in [5.74, 6) is 1.93. The molecule has 1 amide bonds. The monoisotopic (exact) mass is 507 g/mol. The summed E-state index contributed by atoms with van der Waals surface area (Å²) in [5, 5.41) is 2.91. The number of carbonyl (C=O) groups is 2. The van der Waals surface area contributed by atoms with Crippen molar-refractivity contribution in [2.24, 2.45) is 0 Å². The number of hydrogen-bond acceptors (Lipinski definition) is 6. The van der Waals surface area contributed by atoms with Crippen LogP contribution in [0.5, 0.6) is 5.75 Å². The molecule has 3 aromatic rings. The Labute approximate surface area is 215 Å². The molecule has 1 heterocycles. The number of aryl methyl sites for hydroxylation is 2. The average molecular weight is 508 g/mol. The van der Waals surface area contributed by atoms with Crippen LogP contribution in [-0.4, -0.2) is 30.0 Å². The van der Waals surface area contributed by atoms with Gasteiger partial charge >= 0.3 is 5.97 Å². The van der Waals surface area contributed by atoms with Crippen molar-refractivity contribution >= 4 is 41.1 Å². The van der Waals surface area contributed by atoms with Crippen LogP contribution in [0.3, 0.4) is 0 Å². The van der Waals surface area contributed by atoms with E-state index in [0.29, 0.717) is 21.6 Å². The lowest BCUT2D eigenvalue weighted by molar-refractivity contribution is -0.156. The Balaban J connectivity index is 1.39. The van der Waals surface area contributed by atoms with Crippen LogP contribution in [0.15, 0.2) is 72.8 Å². The van der Waals surface area contributed by atoms with Crippen LogP contribution in [0.1, 0.15) is 39.4 Å². The Kier molecular flexibility index (Phi) is 8.77. The number of benzene rings is 3. The SMILES string of the molecule is Cc1ccc(C)c(NC(=O)[C@H](OC(=O)COc2ccc(C3SCCCS3)cc2)c2ccccc2)c1. The standard InChI is InChI=1S/C28H29NO4S2/c1-19-9-10-20(2)24(17-19)29-27(31)26(21-7-4-3-5-8-21)33-25(30)18-32-23-13-11-22(12-14-23)28-34-15-6-16-35-28/h3-5,7-14,17,26,28H,6,15-16,18H2,1-2H3,(H,29,31)/t26-/m1/s1. The first-order valence-electron chi connectivity index (χ1n) is 11.6. The number of anilines is 1. The molecule has 0 radical (unpaired) electrons. The zero-order valence-electron chi connectivity index (χ0n) is 19.9. The molecule has 0 bridgehead atoms. The minimum absolute atomic E-state index is 0.285. The van der Waals surface area contributed by atoms with E-state index >= 15 is 0 Å². The van der Waals surface area contributed by atoms with Crippen LogP contribution in [0.25, 0.3) is 0 Å². The van der Waals surface area contributed by atoms with Crippen LogP contribution < -0.4 is 10.1 Å². The molecule has 1 aliphatic heterocycles. The summed E-state index contributed by atoms with van der Waals surface area (Å²) in [5.41, 5.74) is 4.49. The molecule has 1 saturated heterocycles. The van der Waals surface area contributed by atoms with Crippen LogP contribution in [0, 0.1) is 13.8 Å². The van der Waals surface area contributed by atoms with Gasteiger partial charge in [0.25, 0.3) is 5.91 Å². The quantitative estimate of drug-likeness (QED) is 0.352. The fourth-order valence-corrected chi connectivity index (χ4v) is 6.57. The molecule has 1 atom stereocenters. The first-order chi connectivity index (χ1) is 17.0. The second kappa shape index (κ2) is 12.2. The second-order valence-electron chi connectivity index (χ2n) is 8.37. The number of rotatable bonds is 8. The molecular weight excluding hydrogens is 478 g/mol. The van der Waals surface area contributed by atoms with Gasteiger partial charge in [-0.15, -0.1) is 23.5 Å². The maximum absolute atomic E-state index is 13.1. The van der Waals surface area contributed by atoms with Gasteiger partial charge in [-0.3, -0.25) is 4.79 Å². The molecule has 5 nitrogen and oxygen atoms in total. The van der Waals surface area contributed by atoms with Crippen molar-refractivity contribution in [3.63, 3.8) is 0 Å². The number of amides is 1. The van der Waals surface area contributed by atoms with Crippen LogP contribution in [0.2, 0.25) is 0 Å². The van der Waals surface area contributed by atoms with Crippen molar-refractivity contribution in [2.45, 2.75) is 31.0 Å². The van der Waals surface area contributed by atoms with Crippen molar-refractivity contribution < 1.29 is 19.1 Å². The average Bonchev–Trinajstić information content (AvgIpc) is 2.89. The molecule has 4 rings (SSSR count). The van der Waals surface area contributed by atoms with Crippen LogP contribution >= 0.6 is 23.5 Å². The normalized spacial score (nSPS) is 14.7. The molecule has 7 heteroatoms. The van der Waals surface area contributed by atoms with E-state index in [1.54, 1.807) is 12.1 Å². The zero-order valence-corrected chi connectivity index (χ0v) is 21.5.